The van der Waals surface area contributed by atoms with Gasteiger partial charge in [-0.2, -0.15) is 0 Å². The van der Waals surface area contributed by atoms with Crippen molar-refractivity contribution in [3.05, 3.63) is 35.6 Å². The van der Waals surface area contributed by atoms with Crippen LogP contribution in [-0.4, -0.2) is 29.8 Å². The van der Waals surface area contributed by atoms with E-state index >= 15 is 0 Å². The van der Waals surface area contributed by atoms with Gasteiger partial charge in [0.05, 0.1) is 0 Å². The minimum Gasteiger partial charge on any atom is -0.352 e. The van der Waals surface area contributed by atoms with Gasteiger partial charge in [0.1, 0.15) is 5.82 Å². The van der Waals surface area contributed by atoms with Crippen LogP contribution in [0.5, 0.6) is 0 Å². The molecule has 3 rings (SSSR count). The predicted molar refractivity (Wildman–Crippen MR) is 98.7 cm³/mol. The van der Waals surface area contributed by atoms with Gasteiger partial charge >= 0.3 is 0 Å². The number of carbonyl (C=O) groups is 2. The zero-order valence-corrected chi connectivity index (χ0v) is 15.4. The summed E-state index contributed by atoms with van der Waals surface area (Å²) in [5, 5.41) is 2.95. The highest BCUT2D eigenvalue weighted by atomic mass is 19.1. The Balaban J connectivity index is 1.43. The summed E-state index contributed by atoms with van der Waals surface area (Å²) in [5.74, 6) is 0.164. The summed E-state index contributed by atoms with van der Waals surface area (Å²) >= 11 is 0. The van der Waals surface area contributed by atoms with Crippen LogP contribution in [0.3, 0.4) is 0 Å². The van der Waals surface area contributed by atoms with Crippen molar-refractivity contribution in [2.75, 3.05) is 13.1 Å². The number of nitrogens with zero attached hydrogens (tertiary/aromatic N) is 1. The van der Waals surface area contributed by atoms with E-state index in [0.717, 1.165) is 57.2 Å². The summed E-state index contributed by atoms with van der Waals surface area (Å²) in [4.78, 5) is 27.1. The molecule has 1 aromatic carbocycles. The maximum absolute atomic E-state index is 12.9. The molecule has 1 saturated carbocycles. The number of carbonyl (C=O) groups excluding carboxylic acids is 2. The van der Waals surface area contributed by atoms with E-state index in [9.17, 15) is 14.0 Å². The molecule has 1 heterocycles. The molecule has 2 amide bonds. The number of hydrogen-bond donors (Lipinski definition) is 1. The highest BCUT2D eigenvalue weighted by Gasteiger charge is 2.32. The van der Waals surface area contributed by atoms with Gasteiger partial charge in [0.25, 0.3) is 0 Å². The number of amides is 2. The zero-order valence-electron chi connectivity index (χ0n) is 15.4. The average molecular weight is 360 g/mol. The van der Waals surface area contributed by atoms with Crippen LogP contribution < -0.4 is 5.32 Å². The summed E-state index contributed by atoms with van der Waals surface area (Å²) < 4.78 is 12.9. The Morgan fingerprint density at radius 1 is 0.923 bits per heavy atom. The summed E-state index contributed by atoms with van der Waals surface area (Å²) in [5.41, 5.74) is 0.893. The van der Waals surface area contributed by atoms with Crippen molar-refractivity contribution < 1.29 is 14.0 Å². The Bertz CT molecular complexity index is 601. The SMILES string of the molecule is O=C(NCc1ccc(F)cc1)C1CCC(C(=O)N2CCCCCC2)CC1. The van der Waals surface area contributed by atoms with E-state index in [1.807, 2.05) is 4.90 Å². The topological polar surface area (TPSA) is 49.4 Å². The molecule has 0 aromatic heterocycles. The van der Waals surface area contributed by atoms with Gasteiger partial charge in [-0.25, -0.2) is 4.39 Å². The molecule has 1 aromatic rings. The number of likely N-dealkylation sites (tertiary alicyclic amines) is 1. The molecule has 0 radical (unpaired) electrons. The first kappa shape index (κ1) is 18.9. The fraction of sp³-hybridized carbons (Fsp3) is 0.619. The van der Waals surface area contributed by atoms with E-state index in [1.165, 1.54) is 25.0 Å². The molecule has 26 heavy (non-hydrogen) atoms. The van der Waals surface area contributed by atoms with E-state index in [2.05, 4.69) is 5.32 Å². The van der Waals surface area contributed by atoms with E-state index in [-0.39, 0.29) is 23.6 Å². The number of hydrogen-bond acceptors (Lipinski definition) is 2. The van der Waals surface area contributed by atoms with Crippen molar-refractivity contribution in [2.45, 2.75) is 57.9 Å². The third-order valence-electron chi connectivity index (χ3n) is 5.74. The molecule has 2 fully saturated rings. The van der Waals surface area contributed by atoms with E-state index < -0.39 is 0 Å². The fourth-order valence-electron chi connectivity index (χ4n) is 4.09. The minimum absolute atomic E-state index is 0.0105. The minimum atomic E-state index is -0.271. The summed E-state index contributed by atoms with van der Waals surface area (Å²) in [6.45, 7) is 2.22. The summed E-state index contributed by atoms with van der Waals surface area (Å²) in [7, 11) is 0. The van der Waals surface area contributed by atoms with E-state index in [0.29, 0.717) is 12.5 Å². The van der Waals surface area contributed by atoms with Gasteiger partial charge in [0.2, 0.25) is 11.8 Å². The smallest absolute Gasteiger partial charge is 0.225 e. The monoisotopic (exact) mass is 360 g/mol. The number of halogens is 1. The normalized spacial score (nSPS) is 24.0. The van der Waals surface area contributed by atoms with Crippen LogP contribution >= 0.6 is 0 Å². The van der Waals surface area contributed by atoms with Crippen LogP contribution in [0.1, 0.15) is 56.9 Å². The molecule has 2 aliphatic rings. The summed E-state index contributed by atoms with van der Waals surface area (Å²) in [6, 6.07) is 6.18. The Morgan fingerprint density at radius 2 is 1.50 bits per heavy atom. The van der Waals surface area contributed by atoms with Gasteiger partial charge in [-0.3, -0.25) is 9.59 Å². The molecule has 0 atom stereocenters. The second kappa shape index (κ2) is 9.15. The Morgan fingerprint density at radius 3 is 2.12 bits per heavy atom. The van der Waals surface area contributed by atoms with Crippen molar-refractivity contribution in [3.63, 3.8) is 0 Å². The molecule has 0 unspecified atom stereocenters. The number of nitrogens with one attached hydrogen (secondary N) is 1. The largest absolute Gasteiger partial charge is 0.352 e. The van der Waals surface area contributed by atoms with Crippen LogP contribution in [-0.2, 0) is 16.1 Å². The predicted octanol–water partition coefficient (Wildman–Crippen LogP) is 3.65. The van der Waals surface area contributed by atoms with Gasteiger partial charge in [0.15, 0.2) is 0 Å². The van der Waals surface area contributed by atoms with Crippen LogP contribution in [0.25, 0.3) is 0 Å². The second-order valence-corrected chi connectivity index (χ2v) is 7.63. The van der Waals surface area contributed by atoms with Crippen LogP contribution in [0.4, 0.5) is 4.39 Å². The third kappa shape index (κ3) is 5.05. The lowest BCUT2D eigenvalue weighted by Crippen LogP contribution is -2.40. The molecular formula is C21H29FN2O2. The van der Waals surface area contributed by atoms with Crippen molar-refractivity contribution in [1.29, 1.82) is 0 Å². The molecule has 1 saturated heterocycles. The van der Waals surface area contributed by atoms with Gasteiger partial charge in [-0.15, -0.1) is 0 Å². The van der Waals surface area contributed by atoms with Crippen molar-refractivity contribution in [3.8, 4) is 0 Å². The first-order chi connectivity index (χ1) is 12.6. The Labute approximate surface area is 155 Å². The van der Waals surface area contributed by atoms with Crippen molar-refractivity contribution in [2.24, 2.45) is 11.8 Å². The first-order valence-electron chi connectivity index (χ1n) is 9.94. The van der Waals surface area contributed by atoms with E-state index in [1.54, 1.807) is 12.1 Å². The number of rotatable bonds is 4. The first-order valence-corrected chi connectivity index (χ1v) is 9.94. The van der Waals surface area contributed by atoms with Gasteiger partial charge < -0.3 is 10.2 Å². The van der Waals surface area contributed by atoms with Gasteiger partial charge in [0, 0.05) is 31.5 Å². The summed E-state index contributed by atoms with van der Waals surface area (Å²) in [6.07, 6.45) is 7.86. The lowest BCUT2D eigenvalue weighted by Gasteiger charge is -2.31. The number of benzene rings is 1. The van der Waals surface area contributed by atoms with Gasteiger partial charge in [-0.1, -0.05) is 25.0 Å². The average Bonchev–Trinajstić information content (AvgIpc) is 2.96. The molecule has 4 nitrogen and oxygen atoms in total. The van der Waals surface area contributed by atoms with E-state index in [4.69, 9.17) is 0 Å². The van der Waals surface area contributed by atoms with Crippen LogP contribution in [0.2, 0.25) is 0 Å². The molecule has 0 spiro atoms. The zero-order chi connectivity index (χ0) is 18.4. The fourth-order valence-corrected chi connectivity index (χ4v) is 4.09. The third-order valence-corrected chi connectivity index (χ3v) is 5.74. The maximum atomic E-state index is 12.9. The Hall–Kier alpha value is -1.91. The highest BCUT2D eigenvalue weighted by Crippen LogP contribution is 2.31. The molecule has 1 aliphatic heterocycles. The molecular weight excluding hydrogens is 331 g/mol. The van der Waals surface area contributed by atoms with Crippen molar-refractivity contribution in [1.82, 2.24) is 10.2 Å². The van der Waals surface area contributed by atoms with Gasteiger partial charge in [-0.05, 0) is 56.2 Å². The molecule has 1 aliphatic carbocycles. The molecule has 1 N–H and O–H groups in total. The quantitative estimate of drug-likeness (QED) is 0.891. The Kier molecular flexibility index (Phi) is 6.64. The molecule has 5 heteroatoms. The van der Waals surface area contributed by atoms with Crippen LogP contribution in [0.15, 0.2) is 24.3 Å². The highest BCUT2D eigenvalue weighted by molar-refractivity contribution is 5.81. The lowest BCUT2D eigenvalue weighted by atomic mass is 9.81. The molecule has 0 bridgehead atoms. The second-order valence-electron chi connectivity index (χ2n) is 7.63. The van der Waals surface area contributed by atoms with Crippen molar-refractivity contribution >= 4 is 11.8 Å². The standard InChI is InChI=1S/C21H29FN2O2/c22-19-11-5-16(6-12-19)15-23-20(25)17-7-9-18(10-8-17)21(26)24-13-3-1-2-4-14-24/h5-6,11-12,17-18H,1-4,7-10,13-15H2,(H,23,25). The molecule has 142 valence electrons. The maximum Gasteiger partial charge on any atom is 0.225 e. The van der Waals surface area contributed by atoms with Crippen LogP contribution in [0, 0.1) is 17.7 Å². The lowest BCUT2D eigenvalue weighted by molar-refractivity contribution is -0.138.